The lowest BCUT2D eigenvalue weighted by molar-refractivity contribution is -0.150. The lowest BCUT2D eigenvalue weighted by Crippen LogP contribution is -2.29. The third-order valence-corrected chi connectivity index (χ3v) is 8.51. The number of carbonyl (C=O) groups is 1. The van der Waals surface area contributed by atoms with Crippen molar-refractivity contribution >= 4 is 5.97 Å². The zero-order valence-corrected chi connectivity index (χ0v) is 18.8. The van der Waals surface area contributed by atoms with Gasteiger partial charge in [0.25, 0.3) is 0 Å². The molecule has 0 aliphatic heterocycles. The van der Waals surface area contributed by atoms with E-state index in [4.69, 9.17) is 4.74 Å². The first kappa shape index (κ1) is 22.2. The molecule has 0 spiro atoms. The molecule has 2 nitrogen and oxygen atoms in total. The maximum Gasteiger partial charge on any atom is 0.305 e. The Morgan fingerprint density at radius 3 is 1.54 bits per heavy atom. The van der Waals surface area contributed by atoms with Gasteiger partial charge in [-0.05, 0) is 68.1 Å². The highest BCUT2D eigenvalue weighted by Crippen LogP contribution is 2.42. The van der Waals surface area contributed by atoms with Gasteiger partial charge in [0.05, 0.1) is 0 Å². The van der Waals surface area contributed by atoms with Crippen molar-refractivity contribution in [2.45, 2.75) is 129 Å². The molecular weight excluding hydrogens is 344 g/mol. The largest absolute Gasteiger partial charge is 0.462 e. The van der Waals surface area contributed by atoms with Gasteiger partial charge < -0.3 is 4.74 Å². The molecule has 0 heterocycles. The average molecular weight is 391 g/mol. The Hall–Kier alpha value is -0.530. The fourth-order valence-corrected chi connectivity index (χ4v) is 6.58. The average Bonchev–Trinajstić information content (AvgIpc) is 2.74. The van der Waals surface area contributed by atoms with Crippen LogP contribution >= 0.6 is 0 Å². The summed E-state index contributed by atoms with van der Waals surface area (Å²) in [5.41, 5.74) is 0. The highest BCUT2D eigenvalue weighted by molar-refractivity contribution is 5.69. The number of esters is 1. The van der Waals surface area contributed by atoms with E-state index >= 15 is 0 Å². The molecule has 0 atom stereocenters. The first-order valence-electron chi connectivity index (χ1n) is 12.9. The van der Waals surface area contributed by atoms with Crippen LogP contribution in [0.5, 0.6) is 0 Å². The molecule has 0 aromatic rings. The van der Waals surface area contributed by atoms with Gasteiger partial charge in [0.15, 0.2) is 0 Å². The SMILES string of the molecule is CCCC1CCC(CCC2CCC(C3CCC(OC(=O)CC)CC3)CC2)CC1. The summed E-state index contributed by atoms with van der Waals surface area (Å²) in [6.45, 7) is 4.24. The summed E-state index contributed by atoms with van der Waals surface area (Å²) in [6, 6.07) is 0. The third-order valence-electron chi connectivity index (χ3n) is 8.51. The van der Waals surface area contributed by atoms with Crippen LogP contribution < -0.4 is 0 Å². The van der Waals surface area contributed by atoms with Crippen molar-refractivity contribution in [1.29, 1.82) is 0 Å². The van der Waals surface area contributed by atoms with E-state index in [9.17, 15) is 4.79 Å². The maximum atomic E-state index is 11.5. The number of rotatable bonds is 8. The second-order valence-electron chi connectivity index (χ2n) is 10.4. The fraction of sp³-hybridized carbons (Fsp3) is 0.962. The molecule has 0 saturated heterocycles. The Morgan fingerprint density at radius 1 is 0.643 bits per heavy atom. The maximum absolute atomic E-state index is 11.5. The Bertz CT molecular complexity index is 435. The molecular formula is C26H46O2. The van der Waals surface area contributed by atoms with Gasteiger partial charge in [0, 0.05) is 6.42 Å². The predicted octanol–water partition coefficient (Wildman–Crippen LogP) is 7.69. The molecule has 0 unspecified atom stereocenters. The van der Waals surface area contributed by atoms with Crippen molar-refractivity contribution in [3.63, 3.8) is 0 Å². The predicted molar refractivity (Wildman–Crippen MR) is 117 cm³/mol. The van der Waals surface area contributed by atoms with Crippen LogP contribution in [-0.2, 0) is 9.53 Å². The summed E-state index contributed by atoms with van der Waals surface area (Å²) in [6.07, 6.45) is 23.4. The van der Waals surface area contributed by atoms with Crippen LogP contribution in [0.3, 0.4) is 0 Å². The minimum absolute atomic E-state index is 0.0113. The van der Waals surface area contributed by atoms with Crippen molar-refractivity contribution in [3.8, 4) is 0 Å². The molecule has 28 heavy (non-hydrogen) atoms. The number of hydrogen-bond acceptors (Lipinski definition) is 2. The van der Waals surface area contributed by atoms with E-state index in [2.05, 4.69) is 6.92 Å². The summed E-state index contributed by atoms with van der Waals surface area (Å²) < 4.78 is 5.56. The number of ether oxygens (including phenoxy) is 1. The zero-order chi connectivity index (χ0) is 19.8. The topological polar surface area (TPSA) is 26.3 Å². The van der Waals surface area contributed by atoms with Crippen molar-refractivity contribution in [2.75, 3.05) is 0 Å². The van der Waals surface area contributed by atoms with Crippen molar-refractivity contribution < 1.29 is 9.53 Å². The third kappa shape index (κ3) is 6.77. The second kappa shape index (κ2) is 11.6. The highest BCUT2D eigenvalue weighted by Gasteiger charge is 2.32. The van der Waals surface area contributed by atoms with Gasteiger partial charge in [-0.15, -0.1) is 0 Å². The molecule has 162 valence electrons. The molecule has 0 bridgehead atoms. The van der Waals surface area contributed by atoms with E-state index in [1.54, 1.807) is 0 Å². The number of carbonyl (C=O) groups excluding carboxylic acids is 1. The molecule has 3 aliphatic carbocycles. The molecule has 0 amide bonds. The molecule has 0 aromatic heterocycles. The van der Waals surface area contributed by atoms with Gasteiger partial charge in [-0.2, -0.15) is 0 Å². The van der Waals surface area contributed by atoms with Gasteiger partial charge in [-0.25, -0.2) is 0 Å². The zero-order valence-electron chi connectivity index (χ0n) is 18.8. The molecule has 3 saturated carbocycles. The Balaban J connectivity index is 1.27. The Labute approximate surface area is 174 Å². The summed E-state index contributed by atoms with van der Waals surface area (Å²) in [4.78, 5) is 11.5. The van der Waals surface area contributed by atoms with Crippen LogP contribution in [-0.4, -0.2) is 12.1 Å². The quantitative estimate of drug-likeness (QED) is 0.397. The van der Waals surface area contributed by atoms with E-state index in [1.807, 2.05) is 6.92 Å². The first-order valence-corrected chi connectivity index (χ1v) is 12.9. The smallest absolute Gasteiger partial charge is 0.305 e. The molecule has 3 fully saturated rings. The minimum Gasteiger partial charge on any atom is -0.462 e. The molecule has 0 N–H and O–H groups in total. The Kier molecular flexibility index (Phi) is 9.18. The highest BCUT2D eigenvalue weighted by atomic mass is 16.5. The molecule has 2 heteroatoms. The Morgan fingerprint density at radius 2 is 1.07 bits per heavy atom. The van der Waals surface area contributed by atoms with Gasteiger partial charge >= 0.3 is 5.97 Å². The lowest BCUT2D eigenvalue weighted by atomic mass is 9.69. The van der Waals surface area contributed by atoms with Crippen molar-refractivity contribution in [3.05, 3.63) is 0 Å². The van der Waals surface area contributed by atoms with Crippen LogP contribution in [0.15, 0.2) is 0 Å². The van der Waals surface area contributed by atoms with Gasteiger partial charge in [-0.3, -0.25) is 4.79 Å². The summed E-state index contributed by atoms with van der Waals surface area (Å²) >= 11 is 0. The normalized spacial score (nSPS) is 36.8. The summed E-state index contributed by atoms with van der Waals surface area (Å²) in [5, 5.41) is 0. The van der Waals surface area contributed by atoms with E-state index in [1.165, 1.54) is 89.9 Å². The monoisotopic (exact) mass is 390 g/mol. The molecule has 0 radical (unpaired) electrons. The van der Waals surface area contributed by atoms with Crippen LogP contribution in [0.4, 0.5) is 0 Å². The van der Waals surface area contributed by atoms with E-state index in [0.717, 1.165) is 42.4 Å². The van der Waals surface area contributed by atoms with Crippen LogP contribution in [0.2, 0.25) is 0 Å². The van der Waals surface area contributed by atoms with Crippen molar-refractivity contribution in [1.82, 2.24) is 0 Å². The lowest BCUT2D eigenvalue weighted by Gasteiger charge is -2.38. The standard InChI is InChI=1S/C26H46O2/c1-3-5-20-6-8-21(9-7-20)10-11-22-12-14-23(15-13-22)24-16-18-25(19-17-24)28-26(27)4-2/h20-25H,3-19H2,1-2H3. The summed E-state index contributed by atoms with van der Waals surface area (Å²) in [7, 11) is 0. The van der Waals surface area contributed by atoms with Gasteiger partial charge in [-0.1, -0.05) is 78.1 Å². The first-order chi connectivity index (χ1) is 13.7. The van der Waals surface area contributed by atoms with E-state index < -0.39 is 0 Å². The van der Waals surface area contributed by atoms with E-state index in [-0.39, 0.29) is 12.1 Å². The molecule has 0 aromatic carbocycles. The van der Waals surface area contributed by atoms with Crippen LogP contribution in [0.1, 0.15) is 123 Å². The second-order valence-corrected chi connectivity index (χ2v) is 10.4. The number of hydrogen-bond donors (Lipinski definition) is 0. The molecule has 3 aliphatic rings. The van der Waals surface area contributed by atoms with Crippen molar-refractivity contribution in [2.24, 2.45) is 29.6 Å². The van der Waals surface area contributed by atoms with E-state index in [0.29, 0.717) is 6.42 Å². The minimum atomic E-state index is -0.0113. The fourth-order valence-electron chi connectivity index (χ4n) is 6.58. The van der Waals surface area contributed by atoms with Gasteiger partial charge in [0.2, 0.25) is 0 Å². The van der Waals surface area contributed by atoms with Crippen LogP contribution in [0.25, 0.3) is 0 Å². The summed E-state index contributed by atoms with van der Waals surface area (Å²) in [5.74, 6) is 4.98. The van der Waals surface area contributed by atoms with Gasteiger partial charge in [0.1, 0.15) is 6.10 Å². The van der Waals surface area contributed by atoms with Crippen LogP contribution in [0, 0.1) is 29.6 Å². The molecule has 3 rings (SSSR count).